The lowest BCUT2D eigenvalue weighted by molar-refractivity contribution is -0.121. The van der Waals surface area contributed by atoms with Gasteiger partial charge in [-0.25, -0.2) is 4.79 Å². The molecular weight excluding hydrogens is 404 g/mol. The van der Waals surface area contributed by atoms with Gasteiger partial charge < -0.3 is 19.7 Å². The molecule has 6 nitrogen and oxygen atoms in total. The number of carbonyl (C=O) groups excluding carboxylic acids is 2. The van der Waals surface area contributed by atoms with Crippen molar-refractivity contribution in [1.29, 1.82) is 0 Å². The summed E-state index contributed by atoms with van der Waals surface area (Å²) in [7, 11) is 4.94. The minimum absolute atomic E-state index is 0.0220. The molecule has 1 fully saturated rings. The van der Waals surface area contributed by atoms with E-state index in [2.05, 4.69) is 5.32 Å². The van der Waals surface area contributed by atoms with Crippen LogP contribution in [0.25, 0.3) is 0 Å². The van der Waals surface area contributed by atoms with E-state index in [4.69, 9.17) is 9.47 Å². The molecule has 0 radical (unpaired) electrons. The Hall–Kier alpha value is -3.02. The molecular formula is C26H32N2O4. The second kappa shape index (κ2) is 8.85. The molecule has 1 aliphatic heterocycles. The van der Waals surface area contributed by atoms with Gasteiger partial charge in [0.2, 0.25) is 5.91 Å². The predicted molar refractivity (Wildman–Crippen MR) is 124 cm³/mol. The van der Waals surface area contributed by atoms with Gasteiger partial charge >= 0.3 is 6.09 Å². The third-order valence-electron chi connectivity index (χ3n) is 7.00. The lowest BCUT2D eigenvalue weighted by Crippen LogP contribution is -2.43. The maximum absolute atomic E-state index is 13.8. The lowest BCUT2D eigenvalue weighted by atomic mass is 9.64. The van der Waals surface area contributed by atoms with E-state index < -0.39 is 11.5 Å². The van der Waals surface area contributed by atoms with Gasteiger partial charge in [-0.15, -0.1) is 0 Å². The Kier molecular flexibility index (Phi) is 6.13. The van der Waals surface area contributed by atoms with Crippen molar-refractivity contribution in [2.45, 2.75) is 50.9 Å². The van der Waals surface area contributed by atoms with E-state index in [0.717, 1.165) is 53.8 Å². The molecule has 4 rings (SSSR count). The van der Waals surface area contributed by atoms with E-state index in [1.807, 2.05) is 31.2 Å². The average Bonchev–Trinajstić information content (AvgIpc) is 2.93. The van der Waals surface area contributed by atoms with E-state index in [9.17, 15) is 9.59 Å². The number of benzene rings is 2. The van der Waals surface area contributed by atoms with Gasteiger partial charge in [0, 0.05) is 19.7 Å². The highest BCUT2D eigenvalue weighted by atomic mass is 16.6. The fourth-order valence-electron chi connectivity index (χ4n) is 5.36. The van der Waals surface area contributed by atoms with Crippen LogP contribution in [0.3, 0.4) is 0 Å². The summed E-state index contributed by atoms with van der Waals surface area (Å²) < 4.78 is 10.9. The lowest BCUT2D eigenvalue weighted by Gasteiger charge is -2.36. The van der Waals surface area contributed by atoms with E-state index >= 15 is 0 Å². The summed E-state index contributed by atoms with van der Waals surface area (Å²) in [5.74, 6) is 1.46. The van der Waals surface area contributed by atoms with Crippen LogP contribution in [0.2, 0.25) is 0 Å². The van der Waals surface area contributed by atoms with E-state index in [0.29, 0.717) is 5.75 Å². The largest absolute Gasteiger partial charge is 0.496 e. The van der Waals surface area contributed by atoms with Gasteiger partial charge in [-0.2, -0.15) is 0 Å². The number of rotatable bonds is 4. The van der Waals surface area contributed by atoms with Crippen LogP contribution in [0.1, 0.15) is 55.2 Å². The first-order valence-electron chi connectivity index (χ1n) is 11.4. The summed E-state index contributed by atoms with van der Waals surface area (Å²) in [5.41, 5.74) is 3.01. The number of hydrogen-bond acceptors (Lipinski definition) is 4. The molecule has 0 aromatic heterocycles. The van der Waals surface area contributed by atoms with Crippen molar-refractivity contribution >= 4 is 17.7 Å². The minimum Gasteiger partial charge on any atom is -0.496 e. The summed E-state index contributed by atoms with van der Waals surface area (Å²) in [6.07, 6.45) is 6.27. The zero-order valence-electron chi connectivity index (χ0n) is 19.4. The van der Waals surface area contributed by atoms with Crippen LogP contribution >= 0.6 is 0 Å². The molecule has 2 aromatic carbocycles. The zero-order chi connectivity index (χ0) is 22.9. The summed E-state index contributed by atoms with van der Waals surface area (Å²) in [5, 5.41) is 3.20. The van der Waals surface area contributed by atoms with Crippen LogP contribution < -0.4 is 14.8 Å². The van der Waals surface area contributed by atoms with Gasteiger partial charge in [0.05, 0.1) is 12.8 Å². The first kappa shape index (κ1) is 22.2. The van der Waals surface area contributed by atoms with Crippen LogP contribution in [-0.4, -0.2) is 38.1 Å². The van der Waals surface area contributed by atoms with Crippen molar-refractivity contribution in [3.8, 4) is 11.5 Å². The van der Waals surface area contributed by atoms with Crippen molar-refractivity contribution in [3.63, 3.8) is 0 Å². The molecule has 0 saturated heterocycles. The Morgan fingerprint density at radius 1 is 1.03 bits per heavy atom. The van der Waals surface area contributed by atoms with Crippen molar-refractivity contribution in [2.24, 2.45) is 5.92 Å². The molecule has 6 heteroatoms. The van der Waals surface area contributed by atoms with E-state index in [1.54, 1.807) is 33.3 Å². The molecule has 1 aliphatic carbocycles. The fourth-order valence-corrected chi connectivity index (χ4v) is 5.36. The maximum atomic E-state index is 13.8. The quantitative estimate of drug-likeness (QED) is 0.663. The Bertz CT molecular complexity index is 1010. The molecule has 170 valence electrons. The zero-order valence-corrected chi connectivity index (χ0v) is 19.4. The van der Waals surface area contributed by atoms with E-state index in [1.165, 1.54) is 17.7 Å². The minimum atomic E-state index is -0.763. The van der Waals surface area contributed by atoms with Gasteiger partial charge in [0.25, 0.3) is 0 Å². The number of hydrogen-bond donors (Lipinski definition) is 1. The maximum Gasteiger partial charge on any atom is 0.414 e. The molecule has 1 unspecified atom stereocenters. The van der Waals surface area contributed by atoms with Crippen LogP contribution in [0.15, 0.2) is 36.4 Å². The molecule has 1 heterocycles. The van der Waals surface area contributed by atoms with Crippen LogP contribution in [0, 0.1) is 12.8 Å². The Balaban J connectivity index is 1.83. The third kappa shape index (κ3) is 3.61. The highest BCUT2D eigenvalue weighted by Gasteiger charge is 2.53. The number of ether oxygens (including phenoxy) is 2. The SMILES string of the molecule is COc1ccc2c(c1C)NC(=O)C2(c1ccc(OC(=O)N(C)C)cc1)C1CCCCCC1. The number of nitrogens with zero attached hydrogens (tertiary/aromatic N) is 1. The third-order valence-corrected chi connectivity index (χ3v) is 7.00. The number of anilines is 1. The highest BCUT2D eigenvalue weighted by Crippen LogP contribution is 2.53. The highest BCUT2D eigenvalue weighted by molar-refractivity contribution is 6.10. The number of fused-ring (bicyclic) bond motifs is 1. The normalized spacial score (nSPS) is 20.8. The first-order chi connectivity index (χ1) is 15.4. The van der Waals surface area contributed by atoms with Gasteiger partial charge in [-0.05, 0) is 55.0 Å². The first-order valence-corrected chi connectivity index (χ1v) is 11.4. The summed E-state index contributed by atoms with van der Waals surface area (Å²) in [6.45, 7) is 1.99. The Labute approximate surface area is 189 Å². The Morgan fingerprint density at radius 3 is 2.28 bits per heavy atom. The monoisotopic (exact) mass is 436 g/mol. The van der Waals surface area contributed by atoms with Gasteiger partial charge in [0.15, 0.2) is 0 Å². The number of amides is 2. The summed E-state index contributed by atoms with van der Waals surface area (Å²) in [6, 6.07) is 11.5. The van der Waals surface area contributed by atoms with Crippen LogP contribution in [0.4, 0.5) is 10.5 Å². The molecule has 2 aromatic rings. The van der Waals surface area contributed by atoms with Crippen LogP contribution in [-0.2, 0) is 10.2 Å². The molecule has 1 atom stereocenters. The van der Waals surface area contributed by atoms with Gasteiger partial charge in [0.1, 0.15) is 16.9 Å². The predicted octanol–water partition coefficient (Wildman–Crippen LogP) is 5.27. The summed E-state index contributed by atoms with van der Waals surface area (Å²) in [4.78, 5) is 27.2. The second-order valence-electron chi connectivity index (χ2n) is 9.05. The molecule has 32 heavy (non-hydrogen) atoms. The van der Waals surface area contributed by atoms with Crippen molar-refractivity contribution in [1.82, 2.24) is 4.90 Å². The van der Waals surface area contributed by atoms with Crippen molar-refractivity contribution < 1.29 is 19.1 Å². The topological polar surface area (TPSA) is 67.9 Å². The molecule has 0 bridgehead atoms. The number of methoxy groups -OCH3 is 1. The van der Waals surface area contributed by atoms with Crippen molar-refractivity contribution in [3.05, 3.63) is 53.1 Å². The molecule has 0 spiro atoms. The fraction of sp³-hybridized carbons (Fsp3) is 0.462. The molecule has 2 amide bonds. The molecule has 1 saturated carbocycles. The second-order valence-corrected chi connectivity index (χ2v) is 9.05. The molecule has 1 N–H and O–H groups in total. The number of nitrogens with one attached hydrogen (secondary N) is 1. The van der Waals surface area contributed by atoms with E-state index in [-0.39, 0.29) is 11.8 Å². The average molecular weight is 437 g/mol. The standard InChI is InChI=1S/C26H32N2O4/c1-17-22(31-4)16-15-21-23(17)27-24(29)26(21,18-9-7-5-6-8-10-18)19-11-13-20(14-12-19)32-25(30)28(2)3/h11-16,18H,5-10H2,1-4H3,(H,27,29). The Morgan fingerprint density at radius 2 is 1.69 bits per heavy atom. The number of carbonyl (C=O) groups is 2. The van der Waals surface area contributed by atoms with Gasteiger partial charge in [-0.3, -0.25) is 4.79 Å². The van der Waals surface area contributed by atoms with Gasteiger partial charge in [-0.1, -0.05) is 43.9 Å². The molecule has 2 aliphatic rings. The van der Waals surface area contributed by atoms with Crippen LogP contribution in [0.5, 0.6) is 11.5 Å². The smallest absolute Gasteiger partial charge is 0.414 e. The summed E-state index contributed by atoms with van der Waals surface area (Å²) >= 11 is 0. The van der Waals surface area contributed by atoms with Crippen molar-refractivity contribution in [2.75, 3.05) is 26.5 Å².